The van der Waals surface area contributed by atoms with Crippen LogP contribution in [0.4, 0.5) is 0 Å². The van der Waals surface area contributed by atoms with E-state index in [9.17, 15) is 183 Å². The zero-order valence-electron chi connectivity index (χ0n) is 50.4. The highest BCUT2D eigenvalue weighted by molar-refractivity contribution is 7.84. The van der Waals surface area contributed by atoms with Gasteiger partial charge in [0.2, 0.25) is 12.1 Å². The molecule has 104 heavy (non-hydrogen) atoms. The van der Waals surface area contributed by atoms with E-state index in [2.05, 4.69) is 74.8 Å². The number of carbonyl (C=O) groups excluding carboxylic acids is 1. The van der Waals surface area contributed by atoms with E-state index in [1.807, 2.05) is 0 Å². The minimum Gasteiger partial charge on any atom is -0.391 e. The first-order chi connectivity index (χ1) is 45.6. The maximum absolute atomic E-state index is 14.5. The van der Waals surface area contributed by atoms with Crippen LogP contribution in [0.1, 0.15) is 12.8 Å². The van der Waals surface area contributed by atoms with Gasteiger partial charge in [0.15, 0.2) is 18.0 Å². The fourth-order valence-corrected chi connectivity index (χ4v) is 29.7. The van der Waals surface area contributed by atoms with Crippen molar-refractivity contribution in [3.63, 3.8) is 0 Å². The topological polar surface area (TPSA) is 974 Å². The lowest BCUT2D eigenvalue weighted by Gasteiger charge is -2.55. The van der Waals surface area contributed by atoms with Crippen LogP contribution < -0.4 is 0 Å². The van der Waals surface area contributed by atoms with Crippen LogP contribution in [-0.4, -0.2) is 376 Å². The molecule has 3 rings (SSSR count). The molecule has 0 aromatic rings. The number of ether oxygens (including phenoxy) is 2. The van der Waals surface area contributed by atoms with Gasteiger partial charge in [-0.3, -0.25) is 46.1 Å². The molecule has 618 valence electrons. The number of nitrogens with zero attached hydrogens (tertiary/aromatic N) is 2. The Kier molecular flexibility index (Phi) is 31.4. The maximum Gasteiger partial charge on any atom is 0.682 e. The van der Waals surface area contributed by atoms with Crippen molar-refractivity contribution in [1.29, 1.82) is 0 Å². The van der Waals surface area contributed by atoms with Crippen LogP contribution in [-0.2, 0) is 193 Å². The van der Waals surface area contributed by atoms with Gasteiger partial charge in [0, 0.05) is 24.9 Å². The number of ketones is 1. The molecule has 2 aliphatic heterocycles. The van der Waals surface area contributed by atoms with Gasteiger partial charge in [0.1, 0.15) is 36.6 Å². The van der Waals surface area contributed by atoms with Crippen LogP contribution in [0.2, 0.25) is 6.55 Å². The number of Topliss-reactive ketones (excluding diaryl/α,β-unsaturated/α-hetero) is 1. The summed E-state index contributed by atoms with van der Waals surface area (Å²) in [6.07, 6.45) is -36.4. The van der Waals surface area contributed by atoms with Gasteiger partial charge in [-0.05, 0) is 34.6 Å². The van der Waals surface area contributed by atoms with Crippen LogP contribution in [0.15, 0.2) is 0 Å². The molecule has 0 aromatic heterocycles. The lowest BCUT2D eigenvalue weighted by Crippen LogP contribution is -2.74. The molecule has 3 aliphatic rings. The summed E-state index contributed by atoms with van der Waals surface area (Å²) in [7, 11) is -116. The van der Waals surface area contributed by atoms with Crippen molar-refractivity contribution in [2.45, 2.75) is 92.4 Å². The van der Waals surface area contributed by atoms with Crippen molar-refractivity contribution in [1.82, 2.24) is 9.80 Å². The van der Waals surface area contributed by atoms with E-state index < -0.39 is 278 Å². The van der Waals surface area contributed by atoms with E-state index in [0.29, 0.717) is 0 Å². The van der Waals surface area contributed by atoms with Crippen molar-refractivity contribution >= 4 is 173 Å². The molecule has 81 heteroatoms. The Labute approximate surface area is 590 Å². The molecule has 0 aromatic carbocycles. The first kappa shape index (κ1) is 97.2. The molecular formula is C23H56N2O62S10Si7. The third-order valence-corrected chi connectivity index (χ3v) is 33.0. The zero-order chi connectivity index (χ0) is 81.6. The van der Waals surface area contributed by atoms with E-state index in [1.165, 1.54) is 0 Å². The second kappa shape index (κ2) is 33.6. The van der Waals surface area contributed by atoms with Gasteiger partial charge in [-0.1, -0.05) is 0 Å². The van der Waals surface area contributed by atoms with E-state index in [4.69, 9.17) is 13.5 Å². The minimum atomic E-state index is -8.50. The molecular weight excluding hydrogens is 1810 g/mol. The molecule has 0 radical (unpaired) electrons. The summed E-state index contributed by atoms with van der Waals surface area (Å²) >= 11 is 0. The SMILES string of the molecule is CN(C)C1CC(C2(OS(=O)(=O)O)OC(COS(=O)(=O)O)C(OS(=O)(=O)O)C(OS(=O)(=O)O[Si](O)(O[Si](O)(O)O[Si](O)(O)O)O[Si](O)(O)O[Si](O)(O[Si](C)(O)O[Si](O)(O)O)OS(=O)(=O)OC3C(OS(=O)(=O)O)C(COS(=O)(=O)O)OC(OS(=O)(=O)O)C3OS(=O)(=O)O)C2OS(=O)(=O)O)C(N(C)C)CC1=O. The Bertz CT molecular complexity index is 4230. The summed E-state index contributed by atoms with van der Waals surface area (Å²) in [5, 5.41) is 0. The number of likely N-dealkylation sites (N-methyl/N-ethyl adjacent to an activating group) is 1. The molecule has 3 fully saturated rings. The van der Waals surface area contributed by atoms with Gasteiger partial charge in [-0.15, -0.1) is 0 Å². The number of hydrogen-bond acceptors (Lipinski definition) is 56. The largest absolute Gasteiger partial charge is 0.682 e. The first-order valence-electron chi connectivity index (χ1n) is 24.8. The van der Waals surface area contributed by atoms with E-state index in [0.717, 1.165) is 38.0 Å². The standard InChI is InChI=1S/C23H56N2O62S10Si7/c1-24(2)11-7-13(26)12(25(3)4)6-10(11)23(79-95(48,49)50)21(77-93(42,43)44)19(17(73-91(36,37)38)15(71-23)9-69-89(30,31)32)76-97(53,54)81-104(67,85-101(62,63)84-100(59,60)61)87-102(64,65)86-103(66,83-98(5,55)82-99(56,57)58)80-96(51,52)75-18-16(72-90(33,34)35)14(8-68-88(27,28)29)70-22(78-94(45,46)47)20(18)74-92(39,40)41/h10-12,14-22,55-67H,6-9H2,1-5H3,(H,27,28,29)(H,30,31,32)(H,33,34,35)(H,36,37,38)(H,39,40,41)(H,42,43,44)(H,45,46,47)(H,48,49,50). The molecule has 2 heterocycles. The van der Waals surface area contributed by atoms with Crippen LogP contribution >= 0.6 is 0 Å². The van der Waals surface area contributed by atoms with Crippen LogP contribution in [0.5, 0.6) is 0 Å². The van der Waals surface area contributed by atoms with Gasteiger partial charge in [0.05, 0.1) is 19.3 Å². The summed E-state index contributed by atoms with van der Waals surface area (Å²) < 4.78 is 414. The molecule has 0 spiro atoms. The Balaban J connectivity index is 2.59. The van der Waals surface area contributed by atoms with Gasteiger partial charge >= 0.3 is 167 Å². The molecule has 16 atom stereocenters. The highest BCUT2D eigenvalue weighted by atomic mass is 32.3. The van der Waals surface area contributed by atoms with Crippen LogP contribution in [0.3, 0.4) is 0 Å². The first-order valence-corrected chi connectivity index (χ1v) is 51.0. The molecule has 0 bridgehead atoms. The summed E-state index contributed by atoms with van der Waals surface area (Å²) in [4.78, 5) is 150. The van der Waals surface area contributed by atoms with E-state index in [-0.39, 0.29) is 6.55 Å². The van der Waals surface area contributed by atoms with Crippen molar-refractivity contribution in [3.05, 3.63) is 0 Å². The Morgan fingerprint density at radius 2 is 0.808 bits per heavy atom. The Morgan fingerprint density at radius 3 is 1.18 bits per heavy atom. The Hall–Kier alpha value is -1.03. The summed E-state index contributed by atoms with van der Waals surface area (Å²) in [5.41, 5.74) is 0. The average Bonchev–Trinajstić information content (AvgIpc) is 0.715. The van der Waals surface area contributed by atoms with Gasteiger partial charge < -0.3 is 101 Å². The number of rotatable bonds is 41. The molecule has 16 unspecified atom stereocenters. The number of carbonyl (C=O) groups is 1. The normalized spacial score (nSPS) is 28.8. The quantitative estimate of drug-likeness (QED) is 0.0200. The molecule has 1 saturated carbocycles. The third kappa shape index (κ3) is 33.7. The summed E-state index contributed by atoms with van der Waals surface area (Å²) in [6.45, 7) is -4.78. The summed E-state index contributed by atoms with van der Waals surface area (Å²) in [5.74, 6) is -7.88. The third-order valence-electron chi connectivity index (χ3n) is 11.5. The zero-order valence-corrected chi connectivity index (χ0v) is 65.5. The highest BCUT2D eigenvalue weighted by Gasteiger charge is 2.72. The second-order valence-electron chi connectivity index (χ2n) is 20.2. The molecule has 21 N–H and O–H groups in total. The maximum atomic E-state index is 14.5. The van der Waals surface area contributed by atoms with Gasteiger partial charge in [-0.25, -0.2) is 49.6 Å². The predicted octanol–water partition coefficient (Wildman–Crippen LogP) is -17.8. The molecule has 1 aliphatic carbocycles. The Morgan fingerprint density at radius 1 is 0.433 bits per heavy atom. The monoisotopic (exact) mass is 1870 g/mol. The van der Waals surface area contributed by atoms with Crippen LogP contribution in [0, 0.1) is 5.92 Å². The molecule has 2 saturated heterocycles. The second-order valence-corrected chi connectivity index (χ2v) is 45.3. The predicted molar refractivity (Wildman–Crippen MR) is 306 cm³/mol. The minimum absolute atomic E-state index is 0.223. The van der Waals surface area contributed by atoms with Crippen molar-refractivity contribution in [2.75, 3.05) is 41.4 Å². The lowest BCUT2D eigenvalue weighted by molar-refractivity contribution is -0.351. The lowest BCUT2D eigenvalue weighted by atomic mass is 9.71. The highest BCUT2D eigenvalue weighted by Crippen LogP contribution is 2.49. The van der Waals surface area contributed by atoms with Crippen molar-refractivity contribution < 1.29 is 271 Å². The molecule has 64 nitrogen and oxygen atoms in total. The van der Waals surface area contributed by atoms with Gasteiger partial charge in [0.25, 0.3) is 0 Å². The summed E-state index contributed by atoms with van der Waals surface area (Å²) in [6, 6.07) is -3.68. The van der Waals surface area contributed by atoms with Gasteiger partial charge in [-0.2, -0.15) is 84.2 Å². The van der Waals surface area contributed by atoms with Crippen molar-refractivity contribution in [3.8, 4) is 0 Å². The number of hydrogen-bond donors (Lipinski definition) is 21. The van der Waals surface area contributed by atoms with E-state index >= 15 is 0 Å². The van der Waals surface area contributed by atoms with Crippen LogP contribution in [0.25, 0.3) is 0 Å². The molecule has 0 amide bonds. The average molecular weight is 1870 g/mol. The van der Waals surface area contributed by atoms with E-state index in [1.54, 1.807) is 0 Å². The smallest absolute Gasteiger partial charge is 0.391 e. The van der Waals surface area contributed by atoms with Crippen molar-refractivity contribution in [2.24, 2.45) is 5.92 Å². The fraction of sp³-hybridized carbons (Fsp3) is 0.957. The fourth-order valence-electron chi connectivity index (χ4n) is 8.85.